The third-order valence-electron chi connectivity index (χ3n) is 3.27. The summed E-state index contributed by atoms with van der Waals surface area (Å²) < 4.78 is 5.52. The van der Waals surface area contributed by atoms with E-state index in [4.69, 9.17) is 4.42 Å². The van der Waals surface area contributed by atoms with Gasteiger partial charge in [0.1, 0.15) is 11.2 Å². The number of nitrogens with zero attached hydrogens (tertiary/aromatic N) is 4. The van der Waals surface area contributed by atoms with E-state index in [1.165, 1.54) is 11.3 Å². The molecule has 0 radical (unpaired) electrons. The molecule has 1 N–H and O–H groups in total. The van der Waals surface area contributed by atoms with Crippen LogP contribution in [0.15, 0.2) is 47.0 Å². The van der Waals surface area contributed by atoms with Crippen LogP contribution in [0.2, 0.25) is 0 Å². The Morgan fingerprint density at radius 2 is 2.12 bits per heavy atom. The molecule has 0 saturated heterocycles. The first kappa shape index (κ1) is 14.5. The van der Waals surface area contributed by atoms with Crippen molar-refractivity contribution < 1.29 is 9.21 Å². The number of furan rings is 1. The highest BCUT2D eigenvalue weighted by atomic mass is 32.1. The lowest BCUT2D eigenvalue weighted by molar-refractivity contribution is 0.0998. The van der Waals surface area contributed by atoms with Crippen molar-refractivity contribution in [3.63, 3.8) is 0 Å². The van der Waals surface area contributed by atoms with Crippen molar-refractivity contribution in [2.75, 3.05) is 5.32 Å². The Hall–Kier alpha value is -3.13. The number of aryl methyl sites for hydroxylation is 1. The molecule has 0 bridgehead atoms. The lowest BCUT2D eigenvalue weighted by Gasteiger charge is -1.96. The van der Waals surface area contributed by atoms with Gasteiger partial charge in [0, 0.05) is 18.0 Å². The fourth-order valence-electron chi connectivity index (χ4n) is 2.16. The van der Waals surface area contributed by atoms with Gasteiger partial charge in [-0.1, -0.05) is 17.4 Å². The molecule has 4 aromatic heterocycles. The van der Waals surface area contributed by atoms with Gasteiger partial charge in [0.15, 0.2) is 16.4 Å². The maximum atomic E-state index is 12.3. The number of aromatic nitrogens is 4. The van der Waals surface area contributed by atoms with Crippen molar-refractivity contribution in [1.82, 2.24) is 20.2 Å². The van der Waals surface area contributed by atoms with Crippen molar-refractivity contribution in [2.45, 2.75) is 6.92 Å². The number of hydrogen-bond donors (Lipinski definition) is 1. The van der Waals surface area contributed by atoms with Crippen molar-refractivity contribution in [2.24, 2.45) is 0 Å². The quantitative estimate of drug-likeness (QED) is 0.616. The Bertz CT molecular complexity index is 1030. The van der Waals surface area contributed by atoms with Crippen LogP contribution in [0.25, 0.3) is 21.8 Å². The minimum atomic E-state index is -0.394. The predicted octanol–water partition coefficient (Wildman–Crippen LogP) is 3.30. The molecule has 0 atom stereocenters. The molecule has 7 nitrogen and oxygen atoms in total. The number of carbonyl (C=O) groups is 1. The van der Waals surface area contributed by atoms with Crippen LogP contribution in [0, 0.1) is 6.92 Å². The van der Waals surface area contributed by atoms with Gasteiger partial charge >= 0.3 is 0 Å². The highest BCUT2D eigenvalue weighted by Gasteiger charge is 2.16. The Balaban J connectivity index is 1.56. The molecule has 4 aromatic rings. The Morgan fingerprint density at radius 1 is 1.21 bits per heavy atom. The zero-order valence-corrected chi connectivity index (χ0v) is 13.4. The van der Waals surface area contributed by atoms with Crippen LogP contribution in [-0.2, 0) is 0 Å². The predicted molar refractivity (Wildman–Crippen MR) is 89.8 cm³/mol. The smallest absolute Gasteiger partial charge is 0.293 e. The first-order chi connectivity index (χ1) is 11.7. The molecule has 1 amide bonds. The van der Waals surface area contributed by atoms with Gasteiger partial charge < -0.3 is 4.42 Å². The van der Waals surface area contributed by atoms with Crippen LogP contribution >= 0.6 is 11.3 Å². The van der Waals surface area contributed by atoms with Crippen LogP contribution in [0.1, 0.15) is 16.2 Å². The number of anilines is 1. The lowest BCUT2D eigenvalue weighted by atomic mass is 10.3. The third-order valence-corrected chi connectivity index (χ3v) is 4.13. The number of hydrogen-bond acceptors (Lipinski definition) is 7. The minimum Gasteiger partial charge on any atom is -0.449 e. The van der Waals surface area contributed by atoms with E-state index in [1.807, 2.05) is 31.2 Å². The largest absolute Gasteiger partial charge is 0.449 e. The summed E-state index contributed by atoms with van der Waals surface area (Å²) in [4.78, 5) is 20.8. The first-order valence-corrected chi connectivity index (χ1v) is 7.94. The number of nitrogens with one attached hydrogen (secondary N) is 1. The number of carbonyl (C=O) groups excluding carboxylic acids is 1. The normalized spacial score (nSPS) is 10.9. The van der Waals surface area contributed by atoms with Crippen molar-refractivity contribution in [3.05, 3.63) is 54.0 Å². The summed E-state index contributed by atoms with van der Waals surface area (Å²) >= 11 is 1.24. The second-order valence-corrected chi connectivity index (χ2v) is 6.01. The van der Waals surface area contributed by atoms with Gasteiger partial charge in [-0.15, -0.1) is 10.2 Å². The SMILES string of the molecule is Cc1ccc2oc(C(=O)Nc3nnc(-c4ccccn4)s3)cc2n1. The summed E-state index contributed by atoms with van der Waals surface area (Å²) in [7, 11) is 0. The summed E-state index contributed by atoms with van der Waals surface area (Å²) in [6, 6.07) is 10.8. The Kier molecular flexibility index (Phi) is 3.51. The van der Waals surface area contributed by atoms with Crippen LogP contribution in [0.4, 0.5) is 5.13 Å². The summed E-state index contributed by atoms with van der Waals surface area (Å²) in [6.07, 6.45) is 1.68. The van der Waals surface area contributed by atoms with Crippen LogP contribution in [0.5, 0.6) is 0 Å². The summed E-state index contributed by atoms with van der Waals surface area (Å²) in [5.41, 5.74) is 2.78. The summed E-state index contributed by atoms with van der Waals surface area (Å²) in [5.74, 6) is -0.216. The Morgan fingerprint density at radius 3 is 2.96 bits per heavy atom. The van der Waals surface area contributed by atoms with Gasteiger partial charge in [0.25, 0.3) is 5.91 Å². The number of amides is 1. The molecule has 8 heteroatoms. The molecular formula is C16H11N5O2S. The van der Waals surface area contributed by atoms with E-state index >= 15 is 0 Å². The molecule has 0 fully saturated rings. The molecule has 0 aliphatic carbocycles. The molecule has 118 valence electrons. The minimum absolute atomic E-state index is 0.178. The highest BCUT2D eigenvalue weighted by molar-refractivity contribution is 7.18. The van der Waals surface area contributed by atoms with Gasteiger partial charge in [-0.25, -0.2) is 4.98 Å². The van der Waals surface area contributed by atoms with Crippen molar-refractivity contribution in [1.29, 1.82) is 0 Å². The summed E-state index contributed by atoms with van der Waals surface area (Å²) in [6.45, 7) is 1.88. The zero-order chi connectivity index (χ0) is 16.5. The zero-order valence-electron chi connectivity index (χ0n) is 12.6. The monoisotopic (exact) mass is 337 g/mol. The van der Waals surface area contributed by atoms with E-state index in [1.54, 1.807) is 18.3 Å². The van der Waals surface area contributed by atoms with Crippen LogP contribution in [-0.4, -0.2) is 26.1 Å². The van der Waals surface area contributed by atoms with E-state index in [2.05, 4.69) is 25.5 Å². The van der Waals surface area contributed by atoms with Gasteiger partial charge in [0.2, 0.25) is 5.13 Å². The molecule has 0 aromatic carbocycles. The fourth-order valence-corrected chi connectivity index (χ4v) is 2.88. The van der Waals surface area contributed by atoms with E-state index in [9.17, 15) is 4.79 Å². The number of pyridine rings is 2. The van der Waals surface area contributed by atoms with Gasteiger partial charge in [-0.3, -0.25) is 15.1 Å². The van der Waals surface area contributed by atoms with Crippen molar-refractivity contribution in [3.8, 4) is 10.7 Å². The second-order valence-electron chi connectivity index (χ2n) is 5.03. The molecule has 0 aliphatic heterocycles. The van der Waals surface area contributed by atoms with E-state index in [-0.39, 0.29) is 5.76 Å². The third kappa shape index (κ3) is 2.74. The molecule has 0 spiro atoms. The van der Waals surface area contributed by atoms with Gasteiger partial charge in [-0.05, 0) is 31.2 Å². The molecule has 0 unspecified atom stereocenters. The molecule has 0 aliphatic rings. The van der Waals surface area contributed by atoms with E-state index in [0.717, 1.165) is 5.69 Å². The van der Waals surface area contributed by atoms with E-state index in [0.29, 0.717) is 26.9 Å². The molecular weight excluding hydrogens is 326 g/mol. The van der Waals surface area contributed by atoms with Crippen LogP contribution < -0.4 is 5.32 Å². The standard InChI is InChI=1S/C16H11N5O2S/c1-9-5-6-12-11(18-9)8-13(23-12)14(22)19-16-21-20-15(24-16)10-4-2-3-7-17-10/h2-8H,1H3,(H,19,21,22). The fraction of sp³-hybridized carbons (Fsp3) is 0.0625. The first-order valence-electron chi connectivity index (χ1n) is 7.12. The average Bonchev–Trinajstić information content (AvgIpc) is 3.22. The maximum absolute atomic E-state index is 12.3. The molecule has 24 heavy (non-hydrogen) atoms. The van der Waals surface area contributed by atoms with E-state index < -0.39 is 5.91 Å². The highest BCUT2D eigenvalue weighted by Crippen LogP contribution is 2.25. The molecule has 4 rings (SSSR count). The van der Waals surface area contributed by atoms with Gasteiger partial charge in [0.05, 0.1) is 0 Å². The molecule has 4 heterocycles. The maximum Gasteiger partial charge on any atom is 0.293 e. The number of fused-ring (bicyclic) bond motifs is 1. The van der Waals surface area contributed by atoms with Crippen LogP contribution in [0.3, 0.4) is 0 Å². The van der Waals surface area contributed by atoms with Crippen molar-refractivity contribution >= 4 is 33.5 Å². The lowest BCUT2D eigenvalue weighted by Crippen LogP contribution is -2.10. The van der Waals surface area contributed by atoms with Gasteiger partial charge in [-0.2, -0.15) is 0 Å². The molecule has 0 saturated carbocycles. The Labute approximate surface area is 140 Å². The summed E-state index contributed by atoms with van der Waals surface area (Å²) in [5, 5.41) is 11.7. The number of rotatable bonds is 3. The average molecular weight is 337 g/mol. The topological polar surface area (TPSA) is 93.8 Å². The second kappa shape index (κ2) is 5.82.